The van der Waals surface area contributed by atoms with E-state index in [1.165, 1.54) is 21.6 Å². The Morgan fingerprint density at radius 2 is 2.29 bits per heavy atom. The van der Waals surface area contributed by atoms with Crippen molar-refractivity contribution in [3.05, 3.63) is 33.6 Å². The van der Waals surface area contributed by atoms with Gasteiger partial charge in [0.1, 0.15) is 0 Å². The Labute approximate surface area is 105 Å². The quantitative estimate of drug-likeness (QED) is 0.887. The van der Waals surface area contributed by atoms with Gasteiger partial charge in [-0.25, -0.2) is 0 Å². The first-order chi connectivity index (χ1) is 8.16. The molecule has 1 unspecified atom stereocenters. The van der Waals surface area contributed by atoms with Gasteiger partial charge in [0, 0.05) is 28.8 Å². The van der Waals surface area contributed by atoms with E-state index in [-0.39, 0.29) is 0 Å². The van der Waals surface area contributed by atoms with Crippen molar-refractivity contribution in [1.82, 2.24) is 15.5 Å². The zero-order valence-electron chi connectivity index (χ0n) is 10.4. The molecule has 0 aliphatic rings. The molecule has 0 radical (unpaired) electrons. The first-order valence-corrected chi connectivity index (χ1v) is 6.54. The van der Waals surface area contributed by atoms with Crippen molar-refractivity contribution >= 4 is 11.3 Å². The highest BCUT2D eigenvalue weighted by Crippen LogP contribution is 2.25. The smallest absolute Gasteiger partial charge is 0.227 e. The van der Waals surface area contributed by atoms with Gasteiger partial charge >= 0.3 is 0 Å². The number of rotatable bonds is 5. The summed E-state index contributed by atoms with van der Waals surface area (Å²) in [5, 5.41) is 7.05. The Kier molecular flexibility index (Phi) is 3.91. The number of nitrogens with one attached hydrogen (secondary N) is 1. The van der Waals surface area contributed by atoms with Crippen molar-refractivity contribution in [2.75, 3.05) is 6.54 Å². The molecule has 17 heavy (non-hydrogen) atoms. The molecule has 0 aliphatic heterocycles. The average Bonchev–Trinajstić information content (AvgIpc) is 2.88. The molecule has 0 fully saturated rings. The fraction of sp³-hybridized carbons (Fsp3) is 0.500. The second kappa shape index (κ2) is 5.42. The fourth-order valence-electron chi connectivity index (χ4n) is 1.89. The van der Waals surface area contributed by atoms with Crippen LogP contribution in [0.15, 0.2) is 16.9 Å². The molecular formula is C12H17N3OS. The molecule has 1 N–H and O–H groups in total. The fourth-order valence-corrected chi connectivity index (χ4v) is 2.91. The summed E-state index contributed by atoms with van der Waals surface area (Å²) in [6.45, 7) is 7.34. The summed E-state index contributed by atoms with van der Waals surface area (Å²) in [5.41, 5.74) is 1.39. The molecular weight excluding hydrogens is 234 g/mol. The van der Waals surface area contributed by atoms with E-state index in [2.05, 4.69) is 42.3 Å². The summed E-state index contributed by atoms with van der Waals surface area (Å²) in [7, 11) is 0. The predicted molar refractivity (Wildman–Crippen MR) is 68.2 cm³/mol. The minimum Gasteiger partial charge on any atom is -0.340 e. The van der Waals surface area contributed by atoms with Crippen molar-refractivity contribution in [3.8, 4) is 0 Å². The van der Waals surface area contributed by atoms with Crippen LogP contribution in [0.5, 0.6) is 0 Å². The molecule has 0 amide bonds. The number of aryl methyl sites for hydroxylation is 2. The minimum absolute atomic E-state index is 0.364. The summed E-state index contributed by atoms with van der Waals surface area (Å²) < 4.78 is 4.95. The molecule has 5 heteroatoms. The van der Waals surface area contributed by atoms with E-state index < -0.39 is 0 Å². The maximum absolute atomic E-state index is 4.95. The summed E-state index contributed by atoms with van der Waals surface area (Å²) in [4.78, 5) is 6.74. The second-order valence-corrected chi connectivity index (χ2v) is 5.59. The van der Waals surface area contributed by atoms with Crippen LogP contribution in [-0.2, 0) is 6.42 Å². The van der Waals surface area contributed by atoms with Gasteiger partial charge in [-0.15, -0.1) is 11.3 Å². The summed E-state index contributed by atoms with van der Waals surface area (Å²) in [6, 6.07) is 2.62. The van der Waals surface area contributed by atoms with E-state index in [1.54, 1.807) is 0 Å². The lowest BCUT2D eigenvalue weighted by atomic mass is 10.1. The van der Waals surface area contributed by atoms with Crippen LogP contribution < -0.4 is 5.32 Å². The van der Waals surface area contributed by atoms with Gasteiger partial charge in [-0.05, 0) is 32.4 Å². The van der Waals surface area contributed by atoms with Crippen LogP contribution in [0.3, 0.4) is 0 Å². The number of thiophene rings is 1. The molecule has 2 aromatic heterocycles. The van der Waals surface area contributed by atoms with Gasteiger partial charge in [0.15, 0.2) is 6.33 Å². The van der Waals surface area contributed by atoms with Gasteiger partial charge in [0.25, 0.3) is 0 Å². The average molecular weight is 251 g/mol. The predicted octanol–water partition coefficient (Wildman–Crippen LogP) is 2.64. The lowest BCUT2D eigenvalue weighted by molar-refractivity contribution is 0.372. The molecule has 1 atom stereocenters. The molecule has 0 bridgehead atoms. The number of hydrogen-bond donors (Lipinski definition) is 1. The van der Waals surface area contributed by atoms with Crippen LogP contribution in [0.4, 0.5) is 0 Å². The summed E-state index contributed by atoms with van der Waals surface area (Å²) >= 11 is 1.85. The Morgan fingerprint density at radius 3 is 2.88 bits per heavy atom. The van der Waals surface area contributed by atoms with E-state index in [9.17, 15) is 0 Å². The SMILES string of the molecule is Cc1cc(C(C)NCCc2ncno2)c(C)s1. The van der Waals surface area contributed by atoms with Crippen LogP contribution in [0.25, 0.3) is 0 Å². The Hall–Kier alpha value is -1.20. The molecule has 2 heterocycles. The van der Waals surface area contributed by atoms with Crippen LogP contribution in [0.1, 0.15) is 34.2 Å². The number of nitrogens with zero attached hydrogens (tertiary/aromatic N) is 2. The van der Waals surface area contributed by atoms with Gasteiger partial charge in [0.2, 0.25) is 5.89 Å². The van der Waals surface area contributed by atoms with Gasteiger partial charge in [0.05, 0.1) is 0 Å². The van der Waals surface area contributed by atoms with Crippen molar-refractivity contribution in [2.45, 2.75) is 33.2 Å². The van der Waals surface area contributed by atoms with Crippen LogP contribution >= 0.6 is 11.3 Å². The highest BCUT2D eigenvalue weighted by Gasteiger charge is 2.10. The molecule has 0 saturated heterocycles. The van der Waals surface area contributed by atoms with Crippen molar-refractivity contribution in [3.63, 3.8) is 0 Å². The van der Waals surface area contributed by atoms with Crippen molar-refractivity contribution in [1.29, 1.82) is 0 Å². The molecule has 92 valence electrons. The largest absolute Gasteiger partial charge is 0.340 e. The monoisotopic (exact) mass is 251 g/mol. The highest BCUT2D eigenvalue weighted by molar-refractivity contribution is 7.12. The standard InChI is InChI=1S/C12H17N3OS/c1-8-6-11(10(3)17-8)9(2)13-5-4-12-14-7-15-16-12/h6-7,9,13H,4-5H2,1-3H3. The Morgan fingerprint density at radius 1 is 1.47 bits per heavy atom. The maximum Gasteiger partial charge on any atom is 0.227 e. The number of hydrogen-bond acceptors (Lipinski definition) is 5. The molecule has 0 spiro atoms. The second-order valence-electron chi connectivity index (χ2n) is 4.13. The normalized spacial score (nSPS) is 12.9. The zero-order valence-corrected chi connectivity index (χ0v) is 11.2. The van der Waals surface area contributed by atoms with Gasteiger partial charge < -0.3 is 9.84 Å². The highest BCUT2D eigenvalue weighted by atomic mass is 32.1. The third-order valence-corrected chi connectivity index (χ3v) is 3.72. The number of aromatic nitrogens is 2. The molecule has 2 aromatic rings. The molecule has 2 rings (SSSR count). The zero-order chi connectivity index (χ0) is 12.3. The minimum atomic E-state index is 0.364. The van der Waals surface area contributed by atoms with E-state index in [1.807, 2.05) is 11.3 Å². The third-order valence-electron chi connectivity index (χ3n) is 2.74. The van der Waals surface area contributed by atoms with Crippen molar-refractivity contribution < 1.29 is 4.52 Å². The van der Waals surface area contributed by atoms with Gasteiger partial charge in [-0.3, -0.25) is 0 Å². The maximum atomic E-state index is 4.95. The van der Waals surface area contributed by atoms with Gasteiger partial charge in [-0.2, -0.15) is 4.98 Å². The Bertz CT molecular complexity index is 464. The van der Waals surface area contributed by atoms with Crippen molar-refractivity contribution in [2.24, 2.45) is 0 Å². The lowest BCUT2D eigenvalue weighted by Crippen LogP contribution is -2.21. The molecule has 0 aliphatic carbocycles. The third kappa shape index (κ3) is 3.14. The topological polar surface area (TPSA) is 51.0 Å². The Balaban J connectivity index is 1.85. The molecule has 0 aromatic carbocycles. The van der Waals surface area contributed by atoms with Crippen LogP contribution in [0, 0.1) is 13.8 Å². The van der Waals surface area contributed by atoms with E-state index in [4.69, 9.17) is 4.52 Å². The molecule has 4 nitrogen and oxygen atoms in total. The van der Waals surface area contributed by atoms with Gasteiger partial charge in [-0.1, -0.05) is 5.16 Å². The lowest BCUT2D eigenvalue weighted by Gasteiger charge is -2.12. The van der Waals surface area contributed by atoms with E-state index >= 15 is 0 Å². The van der Waals surface area contributed by atoms with E-state index in [0.29, 0.717) is 11.9 Å². The first-order valence-electron chi connectivity index (χ1n) is 5.72. The summed E-state index contributed by atoms with van der Waals surface area (Å²) in [6.07, 6.45) is 2.21. The summed E-state index contributed by atoms with van der Waals surface area (Å²) in [5.74, 6) is 0.683. The molecule has 0 saturated carbocycles. The van der Waals surface area contributed by atoms with E-state index in [0.717, 1.165) is 13.0 Å². The van der Waals surface area contributed by atoms with Crippen LogP contribution in [-0.4, -0.2) is 16.7 Å². The first kappa shape index (κ1) is 12.3. The van der Waals surface area contributed by atoms with Crippen LogP contribution in [0.2, 0.25) is 0 Å².